The Hall–Kier alpha value is -1.98. The van der Waals surface area contributed by atoms with Gasteiger partial charge in [0.2, 0.25) is 0 Å². The number of nitrogen functional groups attached to an aromatic ring is 1. The SMILES string of the molecule is CC1(Cn2nnnc2-c2ccc(N)cc2F)CC1. The number of hydrogen-bond donors (Lipinski definition) is 1. The predicted molar refractivity (Wildman–Crippen MR) is 65.0 cm³/mol. The second-order valence-corrected chi connectivity index (χ2v) is 5.21. The molecule has 1 saturated carbocycles. The maximum atomic E-state index is 13.9. The molecule has 1 aromatic carbocycles. The van der Waals surface area contributed by atoms with Crippen LogP contribution >= 0.6 is 0 Å². The molecule has 0 atom stereocenters. The van der Waals surface area contributed by atoms with E-state index < -0.39 is 5.82 Å². The minimum Gasteiger partial charge on any atom is -0.399 e. The maximum Gasteiger partial charge on any atom is 0.184 e. The molecular formula is C12H14FN5. The van der Waals surface area contributed by atoms with Crippen molar-refractivity contribution >= 4 is 5.69 Å². The van der Waals surface area contributed by atoms with Crippen LogP contribution in [-0.2, 0) is 6.54 Å². The van der Waals surface area contributed by atoms with Crippen molar-refractivity contribution in [1.29, 1.82) is 0 Å². The van der Waals surface area contributed by atoms with Crippen molar-refractivity contribution in [3.63, 3.8) is 0 Å². The van der Waals surface area contributed by atoms with Crippen LogP contribution in [0.1, 0.15) is 19.8 Å². The Morgan fingerprint density at radius 3 is 2.89 bits per heavy atom. The lowest BCUT2D eigenvalue weighted by atomic mass is 10.1. The highest BCUT2D eigenvalue weighted by Crippen LogP contribution is 2.46. The van der Waals surface area contributed by atoms with E-state index in [9.17, 15) is 4.39 Å². The van der Waals surface area contributed by atoms with Crippen LogP contribution in [0.5, 0.6) is 0 Å². The summed E-state index contributed by atoms with van der Waals surface area (Å²) in [5, 5.41) is 11.5. The van der Waals surface area contributed by atoms with Crippen molar-refractivity contribution in [3.05, 3.63) is 24.0 Å². The van der Waals surface area contributed by atoms with Crippen LogP contribution in [0.3, 0.4) is 0 Å². The lowest BCUT2D eigenvalue weighted by molar-refractivity contribution is 0.427. The van der Waals surface area contributed by atoms with Gasteiger partial charge in [-0.25, -0.2) is 9.07 Å². The number of nitrogens with zero attached hydrogens (tertiary/aromatic N) is 4. The molecule has 0 aliphatic heterocycles. The van der Waals surface area contributed by atoms with Crippen molar-refractivity contribution in [2.45, 2.75) is 26.3 Å². The highest BCUT2D eigenvalue weighted by molar-refractivity contribution is 5.59. The van der Waals surface area contributed by atoms with Gasteiger partial charge in [0.15, 0.2) is 5.82 Å². The minimum atomic E-state index is -0.396. The van der Waals surface area contributed by atoms with Crippen molar-refractivity contribution in [3.8, 4) is 11.4 Å². The van der Waals surface area contributed by atoms with Crippen LogP contribution in [0.15, 0.2) is 18.2 Å². The number of aromatic nitrogens is 4. The molecule has 0 saturated heterocycles. The number of hydrogen-bond acceptors (Lipinski definition) is 4. The normalized spacial score (nSPS) is 16.8. The summed E-state index contributed by atoms with van der Waals surface area (Å²) in [6.45, 7) is 2.90. The summed E-state index contributed by atoms with van der Waals surface area (Å²) in [7, 11) is 0. The summed E-state index contributed by atoms with van der Waals surface area (Å²) in [4.78, 5) is 0. The fourth-order valence-corrected chi connectivity index (χ4v) is 1.95. The van der Waals surface area contributed by atoms with E-state index in [2.05, 4.69) is 22.4 Å². The van der Waals surface area contributed by atoms with Crippen molar-refractivity contribution < 1.29 is 4.39 Å². The third-order valence-corrected chi connectivity index (χ3v) is 3.40. The summed E-state index contributed by atoms with van der Waals surface area (Å²) in [5.41, 5.74) is 6.57. The standard InChI is InChI=1S/C12H14FN5/c1-12(4-5-12)7-18-11(15-16-17-18)9-3-2-8(14)6-10(9)13/h2-3,6H,4-5,7,14H2,1H3. The molecule has 94 valence electrons. The molecule has 0 spiro atoms. The van der Waals surface area contributed by atoms with E-state index in [1.165, 1.54) is 6.07 Å². The Morgan fingerprint density at radius 2 is 2.22 bits per heavy atom. The van der Waals surface area contributed by atoms with E-state index >= 15 is 0 Å². The monoisotopic (exact) mass is 247 g/mol. The molecule has 0 bridgehead atoms. The van der Waals surface area contributed by atoms with Crippen molar-refractivity contribution in [2.75, 3.05) is 5.73 Å². The third-order valence-electron chi connectivity index (χ3n) is 3.40. The summed E-state index contributed by atoms with van der Waals surface area (Å²) in [5.74, 6) is 0.0626. The average Bonchev–Trinajstić information content (AvgIpc) is 2.86. The van der Waals surface area contributed by atoms with E-state index in [1.807, 2.05) is 0 Å². The average molecular weight is 247 g/mol. The molecule has 1 heterocycles. The van der Waals surface area contributed by atoms with Gasteiger partial charge < -0.3 is 5.73 Å². The highest BCUT2D eigenvalue weighted by Gasteiger charge is 2.38. The molecule has 0 amide bonds. The van der Waals surface area contributed by atoms with Crippen LogP contribution in [0.2, 0.25) is 0 Å². The Morgan fingerprint density at radius 1 is 1.44 bits per heavy atom. The van der Waals surface area contributed by atoms with Crippen molar-refractivity contribution in [1.82, 2.24) is 20.2 Å². The van der Waals surface area contributed by atoms with Gasteiger partial charge in [0.25, 0.3) is 0 Å². The quantitative estimate of drug-likeness (QED) is 0.840. The zero-order valence-electron chi connectivity index (χ0n) is 10.1. The lowest BCUT2D eigenvalue weighted by Crippen LogP contribution is -2.11. The van der Waals surface area contributed by atoms with E-state index in [4.69, 9.17) is 5.73 Å². The Labute approximate surface area is 104 Å². The number of benzene rings is 1. The van der Waals surface area contributed by atoms with E-state index in [1.54, 1.807) is 16.8 Å². The number of tetrazole rings is 1. The topological polar surface area (TPSA) is 69.6 Å². The third kappa shape index (κ3) is 1.94. The molecule has 18 heavy (non-hydrogen) atoms. The Kier molecular flexibility index (Phi) is 2.33. The summed E-state index contributed by atoms with van der Waals surface area (Å²) >= 11 is 0. The van der Waals surface area contributed by atoms with Crippen LogP contribution in [0.4, 0.5) is 10.1 Å². The molecule has 1 aromatic heterocycles. The van der Waals surface area contributed by atoms with Gasteiger partial charge in [-0.3, -0.25) is 0 Å². The Balaban J connectivity index is 1.98. The molecule has 0 unspecified atom stereocenters. The predicted octanol–water partition coefficient (Wildman–Crippen LogP) is 1.86. The number of rotatable bonds is 3. The molecule has 1 aliphatic rings. The van der Waals surface area contributed by atoms with Gasteiger partial charge in [-0.2, -0.15) is 0 Å². The molecule has 1 aliphatic carbocycles. The fraction of sp³-hybridized carbons (Fsp3) is 0.417. The molecule has 2 N–H and O–H groups in total. The van der Waals surface area contributed by atoms with E-state index in [0.717, 1.165) is 19.4 Å². The first kappa shape index (κ1) is 11.1. The van der Waals surface area contributed by atoms with Crippen LogP contribution < -0.4 is 5.73 Å². The van der Waals surface area contributed by atoms with Gasteiger partial charge in [0.1, 0.15) is 5.82 Å². The number of halogens is 1. The molecule has 1 fully saturated rings. The summed E-state index contributed by atoms with van der Waals surface area (Å²) in [6.07, 6.45) is 2.33. The lowest BCUT2D eigenvalue weighted by Gasteiger charge is -2.10. The minimum absolute atomic E-state index is 0.258. The van der Waals surface area contributed by atoms with E-state index in [-0.39, 0.29) is 5.41 Å². The van der Waals surface area contributed by atoms with E-state index in [0.29, 0.717) is 17.1 Å². The first-order chi connectivity index (χ1) is 8.57. The second kappa shape index (κ2) is 3.76. The fourth-order valence-electron chi connectivity index (χ4n) is 1.95. The molecule has 2 aromatic rings. The van der Waals surface area contributed by atoms with Gasteiger partial charge in [0, 0.05) is 5.69 Å². The number of anilines is 1. The van der Waals surface area contributed by atoms with Gasteiger partial charge in [-0.15, -0.1) is 5.10 Å². The van der Waals surface area contributed by atoms with Gasteiger partial charge in [0.05, 0.1) is 12.1 Å². The maximum absolute atomic E-state index is 13.9. The molecule has 3 rings (SSSR count). The van der Waals surface area contributed by atoms with Gasteiger partial charge in [-0.05, 0) is 46.9 Å². The zero-order chi connectivity index (χ0) is 12.8. The van der Waals surface area contributed by atoms with Crippen LogP contribution in [-0.4, -0.2) is 20.2 Å². The van der Waals surface area contributed by atoms with Crippen LogP contribution in [0.25, 0.3) is 11.4 Å². The molecular weight excluding hydrogens is 233 g/mol. The van der Waals surface area contributed by atoms with Gasteiger partial charge in [-0.1, -0.05) is 6.92 Å². The zero-order valence-corrected chi connectivity index (χ0v) is 10.1. The first-order valence-corrected chi connectivity index (χ1v) is 5.89. The molecule has 6 heteroatoms. The smallest absolute Gasteiger partial charge is 0.184 e. The highest BCUT2D eigenvalue weighted by atomic mass is 19.1. The molecule has 5 nitrogen and oxygen atoms in total. The molecule has 0 radical (unpaired) electrons. The number of nitrogens with two attached hydrogens (primary N) is 1. The first-order valence-electron chi connectivity index (χ1n) is 5.89. The largest absolute Gasteiger partial charge is 0.399 e. The summed E-state index contributed by atoms with van der Waals surface area (Å²) < 4.78 is 15.5. The van der Waals surface area contributed by atoms with Crippen LogP contribution in [0, 0.1) is 11.2 Å². The van der Waals surface area contributed by atoms with Crippen molar-refractivity contribution in [2.24, 2.45) is 5.41 Å². The summed E-state index contributed by atoms with van der Waals surface area (Å²) in [6, 6.07) is 4.55. The second-order valence-electron chi connectivity index (χ2n) is 5.21. The Bertz CT molecular complexity index is 588. The van der Waals surface area contributed by atoms with Gasteiger partial charge >= 0.3 is 0 Å².